The number of benzene rings is 3. The molecule has 0 saturated carbocycles. The molecule has 9 heteroatoms. The molecule has 214 valence electrons. The van der Waals surface area contributed by atoms with Crippen LogP contribution in [0.1, 0.15) is 30.0 Å². The molecule has 3 aromatic rings. The summed E-state index contributed by atoms with van der Waals surface area (Å²) in [5, 5.41) is 0. The van der Waals surface area contributed by atoms with Crippen LogP contribution in [0.2, 0.25) is 0 Å². The number of carbonyl (C=O) groups is 2. The summed E-state index contributed by atoms with van der Waals surface area (Å²) in [6.45, 7) is 1.04. The smallest absolute Gasteiger partial charge is 0.320 e. The number of nitrogens with two attached hydrogens (primary N) is 1. The van der Waals surface area contributed by atoms with Gasteiger partial charge in [-0.25, -0.2) is 13.6 Å². The van der Waals surface area contributed by atoms with E-state index >= 15 is 8.78 Å². The summed E-state index contributed by atoms with van der Waals surface area (Å²) >= 11 is 0. The Labute approximate surface area is 238 Å². The molecule has 0 heterocycles. The van der Waals surface area contributed by atoms with Crippen molar-refractivity contribution in [3.05, 3.63) is 107 Å². The normalized spacial score (nSPS) is 12.3. The van der Waals surface area contributed by atoms with Gasteiger partial charge in [0.1, 0.15) is 11.2 Å². The summed E-state index contributed by atoms with van der Waals surface area (Å²) in [5.41, 5.74) is 4.83. The second kappa shape index (κ2) is 15.3. The number of rotatable bonds is 12. The molecule has 0 saturated heterocycles. The summed E-state index contributed by atoms with van der Waals surface area (Å²) in [6, 6.07) is 19.2. The van der Waals surface area contributed by atoms with Crippen molar-refractivity contribution in [3.8, 4) is 11.8 Å². The van der Waals surface area contributed by atoms with E-state index in [4.69, 9.17) is 19.9 Å². The molecule has 41 heavy (non-hydrogen) atoms. The van der Waals surface area contributed by atoms with Gasteiger partial charge >= 0.3 is 12.0 Å². The molecule has 3 aromatic carbocycles. The molecule has 0 aliphatic heterocycles. The summed E-state index contributed by atoms with van der Waals surface area (Å²) < 4.78 is 47.4. The standard InChI is InChI=1S/C32H32F2N2O5/c1-3-41-29(37)21-32(22-39-2,23-40-18-10-15-24-11-6-4-7-12-24)36(31(35)38)30-27(33)19-26(20-28(30)34)17-16-25-13-8-5-9-14-25/h4-15,19-20H,3,18,21-23H2,1-2H3,(H2,35,38)/b15-10+. The van der Waals surface area contributed by atoms with Crippen LogP contribution < -0.4 is 10.6 Å². The maximum Gasteiger partial charge on any atom is 0.320 e. The average molecular weight is 563 g/mol. The Bertz CT molecular complexity index is 1380. The number of amides is 2. The average Bonchev–Trinajstić information content (AvgIpc) is 2.94. The zero-order valence-electron chi connectivity index (χ0n) is 22.9. The lowest BCUT2D eigenvalue weighted by Crippen LogP contribution is -2.61. The van der Waals surface area contributed by atoms with Gasteiger partial charge in [-0.1, -0.05) is 72.5 Å². The van der Waals surface area contributed by atoms with E-state index in [1.54, 1.807) is 37.3 Å². The Hall–Kier alpha value is -4.52. The number of hydrogen-bond donors (Lipinski definition) is 1. The van der Waals surface area contributed by atoms with Gasteiger partial charge in [-0.3, -0.25) is 9.69 Å². The largest absolute Gasteiger partial charge is 0.466 e. The maximum atomic E-state index is 15.6. The molecule has 1 unspecified atom stereocenters. The third kappa shape index (κ3) is 8.73. The zero-order chi connectivity index (χ0) is 29.7. The highest BCUT2D eigenvalue weighted by atomic mass is 19.1. The summed E-state index contributed by atoms with van der Waals surface area (Å²) in [5.74, 6) is 2.61. The second-order valence-electron chi connectivity index (χ2n) is 9.05. The predicted octanol–water partition coefficient (Wildman–Crippen LogP) is 5.32. The molecule has 7 nitrogen and oxygen atoms in total. The lowest BCUT2D eigenvalue weighted by molar-refractivity contribution is -0.145. The molecule has 1 atom stereocenters. The molecule has 0 bridgehead atoms. The van der Waals surface area contributed by atoms with E-state index < -0.39 is 41.3 Å². The number of halogens is 2. The highest BCUT2D eigenvalue weighted by Crippen LogP contribution is 2.34. The predicted molar refractivity (Wildman–Crippen MR) is 153 cm³/mol. The van der Waals surface area contributed by atoms with Crippen LogP contribution in [-0.2, 0) is 19.0 Å². The molecular weight excluding hydrogens is 530 g/mol. The summed E-state index contributed by atoms with van der Waals surface area (Å²) in [6.07, 6.45) is 3.05. The van der Waals surface area contributed by atoms with E-state index in [1.165, 1.54) is 7.11 Å². The van der Waals surface area contributed by atoms with Gasteiger partial charge in [-0.2, -0.15) is 0 Å². The minimum absolute atomic E-state index is 0.0436. The third-order valence-corrected chi connectivity index (χ3v) is 5.95. The van der Waals surface area contributed by atoms with Gasteiger partial charge in [0, 0.05) is 18.2 Å². The number of anilines is 1. The number of nitrogens with zero attached hydrogens (tertiary/aromatic N) is 1. The number of urea groups is 1. The number of primary amides is 1. The Kier molecular flexibility index (Phi) is 11.6. The fourth-order valence-electron chi connectivity index (χ4n) is 4.26. The minimum Gasteiger partial charge on any atom is -0.466 e. The first-order valence-electron chi connectivity index (χ1n) is 12.9. The molecule has 0 fully saturated rings. The highest BCUT2D eigenvalue weighted by molar-refractivity contribution is 5.94. The van der Waals surface area contributed by atoms with Gasteiger partial charge in [0.05, 0.1) is 32.8 Å². The topological polar surface area (TPSA) is 91.1 Å². The zero-order valence-corrected chi connectivity index (χ0v) is 22.9. The van der Waals surface area contributed by atoms with E-state index in [2.05, 4.69) is 11.8 Å². The van der Waals surface area contributed by atoms with Crippen molar-refractivity contribution in [1.82, 2.24) is 0 Å². The van der Waals surface area contributed by atoms with Crippen molar-refractivity contribution in [2.75, 3.05) is 38.4 Å². The Morgan fingerprint density at radius 3 is 2.15 bits per heavy atom. The number of carbonyl (C=O) groups excluding carboxylic acids is 2. The lowest BCUT2D eigenvalue weighted by atomic mass is 9.93. The monoisotopic (exact) mass is 562 g/mol. The van der Waals surface area contributed by atoms with Crippen LogP contribution in [0.15, 0.2) is 78.9 Å². The van der Waals surface area contributed by atoms with Gasteiger partial charge in [-0.15, -0.1) is 0 Å². The van der Waals surface area contributed by atoms with E-state index in [0.717, 1.165) is 17.7 Å². The fraction of sp³-hybridized carbons (Fsp3) is 0.250. The third-order valence-electron chi connectivity index (χ3n) is 5.95. The van der Waals surface area contributed by atoms with Crippen LogP contribution in [0.25, 0.3) is 6.08 Å². The molecule has 2 N–H and O–H groups in total. The molecular formula is C32H32F2N2O5. The van der Waals surface area contributed by atoms with Gasteiger partial charge in [0.25, 0.3) is 0 Å². The van der Waals surface area contributed by atoms with Crippen molar-refractivity contribution in [2.45, 2.75) is 18.9 Å². The van der Waals surface area contributed by atoms with Crippen LogP contribution in [0.4, 0.5) is 19.3 Å². The Balaban J connectivity index is 1.98. The molecule has 0 spiro atoms. The number of hydrogen-bond acceptors (Lipinski definition) is 5. The SMILES string of the molecule is CCOC(=O)CC(COC)(COC/C=C/c1ccccc1)N(C(N)=O)c1c(F)cc(C#Cc2ccccc2)cc1F. The Morgan fingerprint density at radius 2 is 1.56 bits per heavy atom. The lowest BCUT2D eigenvalue weighted by Gasteiger charge is -2.41. The van der Waals surface area contributed by atoms with Gasteiger partial charge in [0.2, 0.25) is 0 Å². The van der Waals surface area contributed by atoms with Gasteiger partial charge < -0.3 is 19.9 Å². The van der Waals surface area contributed by atoms with Crippen molar-refractivity contribution in [2.24, 2.45) is 5.73 Å². The first kappa shape index (κ1) is 31.0. The quantitative estimate of drug-likeness (QED) is 0.183. The number of ether oxygens (including phenoxy) is 3. The maximum absolute atomic E-state index is 15.6. The van der Waals surface area contributed by atoms with Crippen molar-refractivity contribution < 1.29 is 32.6 Å². The molecule has 0 aromatic heterocycles. The molecule has 0 radical (unpaired) electrons. The van der Waals surface area contributed by atoms with Crippen molar-refractivity contribution in [3.63, 3.8) is 0 Å². The van der Waals surface area contributed by atoms with E-state index in [0.29, 0.717) is 10.5 Å². The van der Waals surface area contributed by atoms with Crippen molar-refractivity contribution >= 4 is 23.8 Å². The number of methoxy groups -OCH3 is 1. The first-order valence-corrected chi connectivity index (χ1v) is 12.9. The van der Waals surface area contributed by atoms with E-state index in [1.807, 2.05) is 42.5 Å². The van der Waals surface area contributed by atoms with Crippen LogP contribution in [0, 0.1) is 23.5 Å². The van der Waals surface area contributed by atoms with E-state index in [-0.39, 0.29) is 32.0 Å². The first-order chi connectivity index (χ1) is 19.8. The Morgan fingerprint density at radius 1 is 0.951 bits per heavy atom. The van der Waals surface area contributed by atoms with Crippen LogP contribution in [0.3, 0.4) is 0 Å². The molecule has 2 amide bonds. The highest BCUT2D eigenvalue weighted by Gasteiger charge is 2.45. The summed E-state index contributed by atoms with van der Waals surface area (Å²) in [4.78, 5) is 26.2. The molecule has 3 rings (SSSR count). The fourth-order valence-corrected chi connectivity index (χ4v) is 4.26. The second-order valence-corrected chi connectivity index (χ2v) is 9.05. The minimum atomic E-state index is -1.74. The van der Waals surface area contributed by atoms with Crippen LogP contribution in [0.5, 0.6) is 0 Å². The van der Waals surface area contributed by atoms with Gasteiger partial charge in [0.15, 0.2) is 11.6 Å². The van der Waals surface area contributed by atoms with E-state index in [9.17, 15) is 9.59 Å². The molecule has 0 aliphatic rings. The van der Waals surface area contributed by atoms with Gasteiger partial charge in [-0.05, 0) is 36.8 Å². The number of esters is 1. The van der Waals surface area contributed by atoms with Crippen LogP contribution in [-0.4, -0.2) is 51.1 Å². The van der Waals surface area contributed by atoms with Crippen LogP contribution >= 0.6 is 0 Å². The van der Waals surface area contributed by atoms with Crippen molar-refractivity contribution in [1.29, 1.82) is 0 Å². The summed E-state index contributed by atoms with van der Waals surface area (Å²) in [7, 11) is 1.32. The molecule has 0 aliphatic carbocycles.